The van der Waals surface area contributed by atoms with Crippen molar-refractivity contribution < 1.29 is 9.85 Å². The van der Waals surface area contributed by atoms with E-state index in [1.807, 2.05) is 0 Å². The number of nitrogens with zero attached hydrogens (tertiary/aromatic N) is 3. The predicted octanol–water partition coefficient (Wildman–Crippen LogP) is 2.48. The summed E-state index contributed by atoms with van der Waals surface area (Å²) in [6.07, 6.45) is 1.11. The van der Waals surface area contributed by atoms with Gasteiger partial charge in [0.05, 0.1) is 27.1 Å². The van der Waals surface area contributed by atoms with Crippen molar-refractivity contribution >= 4 is 27.3 Å². The highest BCUT2D eigenvalue weighted by atomic mass is 79.9. The van der Waals surface area contributed by atoms with Gasteiger partial charge in [0.25, 0.3) is 16.9 Å². The van der Waals surface area contributed by atoms with Crippen molar-refractivity contribution in [2.24, 2.45) is 0 Å². The molecule has 1 aromatic carbocycles. The molecule has 108 valence electrons. The van der Waals surface area contributed by atoms with Gasteiger partial charge in [-0.2, -0.15) is 0 Å². The van der Waals surface area contributed by atoms with Crippen LogP contribution in [0.15, 0.2) is 45.8 Å². The first-order valence-corrected chi connectivity index (χ1v) is 6.45. The number of nitro benzene ring substituents is 1. The number of nitro groups is 2. The van der Waals surface area contributed by atoms with Gasteiger partial charge >= 0.3 is 0 Å². The summed E-state index contributed by atoms with van der Waals surface area (Å²) in [5.74, 6) is 0. The minimum atomic E-state index is -0.611. The Morgan fingerprint density at radius 1 is 1.10 bits per heavy atom. The molecule has 1 heterocycles. The van der Waals surface area contributed by atoms with Crippen molar-refractivity contribution in [3.8, 4) is 0 Å². The van der Waals surface area contributed by atoms with Gasteiger partial charge in [-0.25, -0.2) is 0 Å². The lowest BCUT2D eigenvalue weighted by Crippen LogP contribution is -2.19. The summed E-state index contributed by atoms with van der Waals surface area (Å²) in [5, 5.41) is 21.6. The zero-order valence-corrected chi connectivity index (χ0v) is 12.0. The lowest BCUT2D eigenvalue weighted by atomic mass is 10.2. The molecule has 21 heavy (non-hydrogen) atoms. The molecule has 2 rings (SSSR count). The van der Waals surface area contributed by atoms with Gasteiger partial charge in [0.15, 0.2) is 0 Å². The lowest BCUT2D eigenvalue weighted by Gasteiger charge is -2.06. The van der Waals surface area contributed by atoms with Crippen LogP contribution in [0.25, 0.3) is 0 Å². The third-order valence-corrected chi connectivity index (χ3v) is 3.41. The van der Waals surface area contributed by atoms with Crippen LogP contribution in [0.4, 0.5) is 11.4 Å². The van der Waals surface area contributed by atoms with Crippen LogP contribution >= 0.6 is 15.9 Å². The highest BCUT2D eigenvalue weighted by molar-refractivity contribution is 9.10. The van der Waals surface area contributed by atoms with Crippen LogP contribution in [-0.4, -0.2) is 14.4 Å². The summed E-state index contributed by atoms with van der Waals surface area (Å²) in [6.45, 7) is 0.00856. The maximum Gasteiger partial charge on any atom is 0.285 e. The van der Waals surface area contributed by atoms with Crippen LogP contribution in [0.5, 0.6) is 0 Å². The van der Waals surface area contributed by atoms with Gasteiger partial charge in [0, 0.05) is 18.2 Å². The third-order valence-electron chi connectivity index (χ3n) is 2.74. The van der Waals surface area contributed by atoms with Gasteiger partial charge < -0.3 is 4.57 Å². The second kappa shape index (κ2) is 5.83. The second-order valence-electron chi connectivity index (χ2n) is 4.15. The number of aromatic nitrogens is 1. The van der Waals surface area contributed by atoms with Crippen molar-refractivity contribution in [2.75, 3.05) is 0 Å². The summed E-state index contributed by atoms with van der Waals surface area (Å²) in [7, 11) is 0. The van der Waals surface area contributed by atoms with Gasteiger partial charge in [0.2, 0.25) is 0 Å². The maximum absolute atomic E-state index is 11.7. The summed E-state index contributed by atoms with van der Waals surface area (Å²) >= 11 is 3.06. The Labute approximate surface area is 126 Å². The van der Waals surface area contributed by atoms with Crippen LogP contribution in [-0.2, 0) is 6.54 Å². The quantitative estimate of drug-likeness (QED) is 0.619. The van der Waals surface area contributed by atoms with Crippen molar-refractivity contribution in [3.63, 3.8) is 0 Å². The number of hydrogen-bond donors (Lipinski definition) is 0. The molecule has 0 fully saturated rings. The van der Waals surface area contributed by atoms with Crippen LogP contribution in [0.3, 0.4) is 0 Å². The van der Waals surface area contributed by atoms with E-state index in [0.29, 0.717) is 10.0 Å². The third kappa shape index (κ3) is 3.31. The van der Waals surface area contributed by atoms with Crippen LogP contribution in [0.1, 0.15) is 5.56 Å². The molecule has 0 aliphatic rings. The standard InChI is InChI=1S/C12H8BrN3O5/c13-10-3-1-8(5-11(10)16(20)21)6-14-7-9(15(18)19)2-4-12(14)17/h1-5,7H,6H2. The Bertz CT molecular complexity index is 787. The van der Waals surface area contributed by atoms with E-state index >= 15 is 0 Å². The smallest absolute Gasteiger partial charge is 0.285 e. The van der Waals surface area contributed by atoms with Gasteiger partial charge in [-0.1, -0.05) is 6.07 Å². The number of hydrogen-bond acceptors (Lipinski definition) is 5. The Morgan fingerprint density at radius 3 is 2.43 bits per heavy atom. The first-order valence-electron chi connectivity index (χ1n) is 5.66. The lowest BCUT2D eigenvalue weighted by molar-refractivity contribution is -0.385. The summed E-state index contributed by atoms with van der Waals surface area (Å²) in [5.41, 5.74) is -0.286. The fourth-order valence-corrected chi connectivity index (χ4v) is 2.13. The van der Waals surface area contributed by atoms with Crippen molar-refractivity contribution in [2.45, 2.75) is 6.54 Å². The number of benzene rings is 1. The van der Waals surface area contributed by atoms with E-state index in [4.69, 9.17) is 0 Å². The van der Waals surface area contributed by atoms with Gasteiger partial charge in [-0.3, -0.25) is 25.0 Å². The molecule has 0 bridgehead atoms. The zero-order chi connectivity index (χ0) is 15.6. The Morgan fingerprint density at radius 2 is 1.81 bits per heavy atom. The molecule has 0 saturated heterocycles. The fraction of sp³-hybridized carbons (Fsp3) is 0.0833. The number of pyridine rings is 1. The molecule has 8 nitrogen and oxygen atoms in total. The Balaban J connectivity index is 2.41. The average Bonchev–Trinajstić information content (AvgIpc) is 2.42. The maximum atomic E-state index is 11.7. The zero-order valence-electron chi connectivity index (χ0n) is 10.4. The molecule has 0 saturated carbocycles. The highest BCUT2D eigenvalue weighted by Gasteiger charge is 2.13. The molecule has 1 aromatic heterocycles. The molecule has 2 aromatic rings. The van der Waals surface area contributed by atoms with E-state index in [2.05, 4.69) is 15.9 Å². The van der Waals surface area contributed by atoms with Crippen LogP contribution in [0.2, 0.25) is 0 Å². The molecule has 0 atom stereocenters. The predicted molar refractivity (Wildman–Crippen MR) is 77.3 cm³/mol. The van der Waals surface area contributed by atoms with E-state index in [1.54, 1.807) is 6.07 Å². The first-order chi connectivity index (χ1) is 9.88. The minimum Gasteiger partial charge on any atom is -0.304 e. The van der Waals surface area contributed by atoms with Gasteiger partial charge in [-0.15, -0.1) is 0 Å². The SMILES string of the molecule is O=c1ccc([N+](=O)[O-])cn1Cc1ccc(Br)c([N+](=O)[O-])c1. The van der Waals surface area contributed by atoms with E-state index < -0.39 is 15.4 Å². The fourth-order valence-electron chi connectivity index (χ4n) is 1.74. The van der Waals surface area contributed by atoms with Crippen molar-refractivity contribution in [1.82, 2.24) is 4.57 Å². The first kappa shape index (κ1) is 14.9. The van der Waals surface area contributed by atoms with E-state index in [9.17, 15) is 25.0 Å². The number of rotatable bonds is 4. The molecule has 0 unspecified atom stereocenters. The second-order valence-corrected chi connectivity index (χ2v) is 5.01. The molecule has 0 aliphatic carbocycles. The molecule has 0 N–H and O–H groups in total. The molecule has 9 heteroatoms. The van der Waals surface area contributed by atoms with Crippen molar-refractivity contribution in [1.29, 1.82) is 0 Å². The minimum absolute atomic E-state index is 0.00856. The topological polar surface area (TPSA) is 108 Å². The normalized spacial score (nSPS) is 10.3. The summed E-state index contributed by atoms with van der Waals surface area (Å²) < 4.78 is 1.45. The summed E-state index contributed by atoms with van der Waals surface area (Å²) in [6, 6.07) is 6.61. The van der Waals surface area contributed by atoms with Crippen LogP contribution < -0.4 is 5.56 Å². The molecular weight excluding hydrogens is 346 g/mol. The number of halogens is 1. The van der Waals surface area contributed by atoms with E-state index in [-0.39, 0.29) is 17.9 Å². The van der Waals surface area contributed by atoms with Crippen molar-refractivity contribution in [3.05, 3.63) is 77.1 Å². The van der Waals surface area contributed by atoms with E-state index in [0.717, 1.165) is 22.9 Å². The molecule has 0 aliphatic heterocycles. The summed E-state index contributed by atoms with van der Waals surface area (Å²) in [4.78, 5) is 32.1. The average molecular weight is 354 g/mol. The Hall–Kier alpha value is -2.55. The largest absolute Gasteiger partial charge is 0.304 e. The monoisotopic (exact) mass is 353 g/mol. The molecule has 0 spiro atoms. The molecular formula is C12H8BrN3O5. The highest BCUT2D eigenvalue weighted by Crippen LogP contribution is 2.25. The Kier molecular flexibility index (Phi) is 4.13. The molecule has 0 radical (unpaired) electrons. The molecule has 0 amide bonds. The van der Waals surface area contributed by atoms with Crippen LogP contribution in [0, 0.1) is 20.2 Å². The van der Waals surface area contributed by atoms with E-state index in [1.165, 1.54) is 12.1 Å². The van der Waals surface area contributed by atoms with Gasteiger partial charge in [-0.05, 0) is 27.6 Å². The van der Waals surface area contributed by atoms with Gasteiger partial charge in [0.1, 0.15) is 0 Å².